The molecule has 0 bridgehead atoms. The molecule has 404 valence electrons. The minimum Gasteiger partial charge on any atom is -0.311 e. The maximum absolute atomic E-state index is 2.64. The van der Waals surface area contributed by atoms with E-state index in [-0.39, 0.29) is 24.3 Å². The SMILES string of the molecule is CC(C)(C)c1cc2c3c(c1)N(c1ccccc1)c1cc4c(cc1B3c1ccccc1N2c1ccccc1)B1c2ccccc2N(c2ccccc2)c2cc(-n3c5ccc(C(C)(C)C)cc5c5c6ccccc6ccc53)cc(c21)N4c1ccccc1. The van der Waals surface area contributed by atoms with Gasteiger partial charge in [0, 0.05) is 79.0 Å². The minimum absolute atomic E-state index is 0.0389. The Kier molecular flexibility index (Phi) is 10.7. The molecule has 0 saturated carbocycles. The fraction of sp³-hybridized carbons (Fsp3) is 0.103. The molecule has 5 heterocycles. The standard InChI is InChI=1S/C78H61B2N5/c1-77(2,3)51-40-42-64-59(43-51)74-58-34-20-19-25-50(58)39-41-67(74)85(64)57-46-72-76-73(47-57)84(56-32-17-10-18-33-56)69-49-68-62(48-63(69)80(76)61-36-22-24-38-66(61)82(72)54-28-13-8-14-29-54)79-60-35-21-23-37-65(60)81(53-26-11-7-12-27-53)70-44-52(78(4,5)6)45-71(75(70)79)83(68)55-30-15-9-16-31-55/h7-49H,1-6H3. The normalized spacial score (nSPS) is 13.9. The molecule has 0 aliphatic carbocycles. The molecule has 0 radical (unpaired) electrons. The Morgan fingerprint density at radius 2 is 0.682 bits per heavy atom. The molecule has 0 atom stereocenters. The zero-order valence-electron chi connectivity index (χ0n) is 48.7. The van der Waals surface area contributed by atoms with E-state index < -0.39 is 0 Å². The number of benzene rings is 12. The third-order valence-electron chi connectivity index (χ3n) is 18.8. The zero-order chi connectivity index (χ0) is 57.0. The predicted octanol–water partition coefficient (Wildman–Crippen LogP) is 16.7. The summed E-state index contributed by atoms with van der Waals surface area (Å²) in [5.74, 6) is 0. The quantitative estimate of drug-likeness (QED) is 0.160. The molecule has 0 unspecified atom stereocenters. The maximum Gasteiger partial charge on any atom is 0.252 e. The lowest BCUT2D eigenvalue weighted by atomic mass is 9.30. The number of rotatable bonds is 5. The summed E-state index contributed by atoms with van der Waals surface area (Å²) in [7, 11) is 0. The second kappa shape index (κ2) is 18.3. The maximum atomic E-state index is 2.64. The van der Waals surface area contributed by atoms with Gasteiger partial charge < -0.3 is 24.2 Å². The Morgan fingerprint density at radius 3 is 1.16 bits per heavy atom. The van der Waals surface area contributed by atoms with Crippen LogP contribution < -0.4 is 52.4 Å². The summed E-state index contributed by atoms with van der Waals surface area (Å²) >= 11 is 0. The first-order valence-corrected chi connectivity index (χ1v) is 30.1. The van der Waals surface area contributed by atoms with Gasteiger partial charge in [-0.15, -0.1) is 0 Å². The van der Waals surface area contributed by atoms with Crippen LogP contribution in [0.15, 0.2) is 261 Å². The fourth-order valence-corrected chi connectivity index (χ4v) is 14.9. The molecular weight excluding hydrogens is 1030 g/mol. The van der Waals surface area contributed by atoms with E-state index in [4.69, 9.17) is 0 Å². The largest absolute Gasteiger partial charge is 0.311 e. The summed E-state index contributed by atoms with van der Waals surface area (Å²) < 4.78 is 2.56. The number of anilines is 12. The highest BCUT2D eigenvalue weighted by atomic mass is 15.2. The van der Waals surface area contributed by atoms with Crippen molar-refractivity contribution in [1.82, 2.24) is 4.57 Å². The van der Waals surface area contributed by atoms with Gasteiger partial charge in [-0.2, -0.15) is 0 Å². The summed E-state index contributed by atoms with van der Waals surface area (Å²) in [6.45, 7) is 13.8. The second-order valence-electron chi connectivity index (χ2n) is 25.7. The molecule has 17 rings (SSSR count). The molecule has 0 N–H and O–H groups in total. The first kappa shape index (κ1) is 49.6. The van der Waals surface area contributed by atoms with Crippen molar-refractivity contribution < 1.29 is 0 Å². The van der Waals surface area contributed by atoms with Crippen LogP contribution in [0.2, 0.25) is 0 Å². The lowest BCUT2D eigenvalue weighted by molar-refractivity contribution is 0.590. The zero-order valence-corrected chi connectivity index (χ0v) is 48.7. The summed E-state index contributed by atoms with van der Waals surface area (Å²) in [4.78, 5) is 10.3. The smallest absolute Gasteiger partial charge is 0.252 e. The molecule has 5 nitrogen and oxygen atoms in total. The molecule has 7 heteroatoms. The number of fused-ring (bicyclic) bond motifs is 13. The van der Waals surface area contributed by atoms with Gasteiger partial charge in [0.1, 0.15) is 0 Å². The van der Waals surface area contributed by atoms with E-state index in [0.717, 1.165) is 34.1 Å². The monoisotopic (exact) mass is 1090 g/mol. The minimum atomic E-state index is -0.150. The Labute approximate surface area is 498 Å². The Hall–Kier alpha value is -9.97. The molecule has 4 aliphatic heterocycles. The number of aromatic nitrogens is 1. The van der Waals surface area contributed by atoms with Crippen molar-refractivity contribution in [2.75, 3.05) is 19.6 Å². The Bertz CT molecular complexity index is 4890. The lowest BCUT2D eigenvalue weighted by Crippen LogP contribution is -2.65. The number of hydrogen-bond acceptors (Lipinski definition) is 4. The van der Waals surface area contributed by atoms with Gasteiger partial charge in [0.05, 0.1) is 16.7 Å². The average Bonchev–Trinajstić information content (AvgIpc) is 0.842. The summed E-state index contributed by atoms with van der Waals surface area (Å²) in [6, 6.07) is 98.8. The van der Waals surface area contributed by atoms with Gasteiger partial charge >= 0.3 is 0 Å². The van der Waals surface area contributed by atoms with Crippen molar-refractivity contribution in [3.63, 3.8) is 0 Å². The molecule has 13 aromatic rings. The van der Waals surface area contributed by atoms with Crippen molar-refractivity contribution in [3.8, 4) is 5.69 Å². The van der Waals surface area contributed by atoms with Crippen molar-refractivity contribution in [1.29, 1.82) is 0 Å². The molecule has 85 heavy (non-hydrogen) atoms. The van der Waals surface area contributed by atoms with E-state index in [0.29, 0.717) is 0 Å². The summed E-state index contributed by atoms with van der Waals surface area (Å²) in [5, 5.41) is 5.05. The number of nitrogens with zero attached hydrogens (tertiary/aromatic N) is 5. The van der Waals surface area contributed by atoms with E-state index in [2.05, 4.69) is 327 Å². The van der Waals surface area contributed by atoms with Gasteiger partial charge in [-0.05, 0) is 175 Å². The second-order valence-corrected chi connectivity index (χ2v) is 25.7. The predicted molar refractivity (Wildman–Crippen MR) is 364 cm³/mol. The van der Waals surface area contributed by atoms with Gasteiger partial charge in [-0.25, -0.2) is 0 Å². The van der Waals surface area contributed by atoms with Gasteiger partial charge in [0.15, 0.2) is 0 Å². The molecule has 0 saturated heterocycles. The molecule has 12 aromatic carbocycles. The first-order valence-electron chi connectivity index (χ1n) is 30.1. The van der Waals surface area contributed by atoms with Crippen LogP contribution in [-0.4, -0.2) is 18.0 Å². The van der Waals surface area contributed by atoms with Gasteiger partial charge in [-0.3, -0.25) is 0 Å². The van der Waals surface area contributed by atoms with Crippen LogP contribution in [0.1, 0.15) is 52.7 Å². The molecular formula is C78H61B2N5. The van der Waals surface area contributed by atoms with Crippen molar-refractivity contribution in [3.05, 3.63) is 272 Å². The highest BCUT2D eigenvalue weighted by Crippen LogP contribution is 2.51. The van der Waals surface area contributed by atoms with Crippen LogP contribution in [0.25, 0.3) is 38.3 Å². The molecule has 0 amide bonds. The molecule has 0 fully saturated rings. The van der Waals surface area contributed by atoms with Crippen molar-refractivity contribution >= 4 is 147 Å². The fourth-order valence-electron chi connectivity index (χ4n) is 14.9. The number of hydrogen-bond donors (Lipinski definition) is 0. The van der Waals surface area contributed by atoms with Gasteiger partial charge in [0.2, 0.25) is 0 Å². The van der Waals surface area contributed by atoms with Crippen LogP contribution >= 0.6 is 0 Å². The molecule has 1 aromatic heterocycles. The molecule has 0 spiro atoms. The van der Waals surface area contributed by atoms with Crippen LogP contribution in [0.4, 0.5) is 68.2 Å². The third kappa shape index (κ3) is 7.32. The van der Waals surface area contributed by atoms with Crippen molar-refractivity contribution in [2.24, 2.45) is 0 Å². The van der Waals surface area contributed by atoms with E-state index in [1.54, 1.807) is 0 Å². The van der Waals surface area contributed by atoms with E-state index in [9.17, 15) is 0 Å². The Morgan fingerprint density at radius 1 is 0.271 bits per heavy atom. The lowest BCUT2D eigenvalue weighted by Gasteiger charge is -2.47. The first-order chi connectivity index (χ1) is 41.5. The van der Waals surface area contributed by atoms with Crippen LogP contribution in [-0.2, 0) is 10.8 Å². The average molecular weight is 1090 g/mol. The highest BCUT2D eigenvalue weighted by molar-refractivity contribution is 7.03. The van der Waals surface area contributed by atoms with Crippen LogP contribution in [0, 0.1) is 0 Å². The van der Waals surface area contributed by atoms with E-state index in [1.165, 1.54) is 116 Å². The third-order valence-corrected chi connectivity index (χ3v) is 18.8. The van der Waals surface area contributed by atoms with Crippen LogP contribution in [0.3, 0.4) is 0 Å². The molecule has 4 aliphatic rings. The number of para-hydroxylation sites is 6. The highest BCUT2D eigenvalue weighted by Gasteiger charge is 2.49. The summed E-state index contributed by atoms with van der Waals surface area (Å²) in [5.41, 5.74) is 27.7. The van der Waals surface area contributed by atoms with Gasteiger partial charge in [-0.1, -0.05) is 193 Å². The summed E-state index contributed by atoms with van der Waals surface area (Å²) in [6.07, 6.45) is 0. The van der Waals surface area contributed by atoms with Crippen LogP contribution in [0.5, 0.6) is 0 Å². The topological polar surface area (TPSA) is 17.9 Å². The van der Waals surface area contributed by atoms with E-state index >= 15 is 0 Å². The van der Waals surface area contributed by atoms with Gasteiger partial charge in [0.25, 0.3) is 13.4 Å². The Balaban J connectivity index is 1.01. The van der Waals surface area contributed by atoms with E-state index in [1.807, 2.05) is 0 Å². The van der Waals surface area contributed by atoms with Crippen molar-refractivity contribution in [2.45, 2.75) is 52.4 Å².